The molecule has 0 fully saturated rings. The molecule has 2 nitrogen and oxygen atoms in total. The van der Waals surface area contributed by atoms with Crippen LogP contribution in [0.2, 0.25) is 0 Å². The maximum Gasteiger partial charge on any atom is 0.0570 e. The predicted octanol–water partition coefficient (Wildman–Crippen LogP) is 4.66. The Morgan fingerprint density at radius 3 is 2.45 bits per heavy atom. The van der Waals surface area contributed by atoms with Gasteiger partial charge < -0.3 is 5.32 Å². The summed E-state index contributed by atoms with van der Waals surface area (Å²) in [5.74, 6) is 0. The second kappa shape index (κ2) is 7.81. The third-order valence-corrected chi connectivity index (χ3v) is 3.63. The molecular weight excluding hydrogens is 244 g/mol. The number of benzene rings is 1. The summed E-state index contributed by atoms with van der Waals surface area (Å²) in [6.45, 7) is 4.43. The molecule has 2 rings (SSSR count). The summed E-state index contributed by atoms with van der Waals surface area (Å²) in [6, 6.07) is 17.5. The first-order valence-electron chi connectivity index (χ1n) is 7.53. The van der Waals surface area contributed by atoms with Crippen molar-refractivity contribution in [1.82, 2.24) is 10.3 Å². The zero-order chi connectivity index (χ0) is 14.2. The highest BCUT2D eigenvalue weighted by atomic mass is 15.0. The lowest BCUT2D eigenvalue weighted by molar-refractivity contribution is 0.426. The summed E-state index contributed by atoms with van der Waals surface area (Å²) in [5.41, 5.74) is 2.47. The van der Waals surface area contributed by atoms with Gasteiger partial charge in [0, 0.05) is 18.3 Å². The van der Waals surface area contributed by atoms with Gasteiger partial charge in [-0.05, 0) is 31.0 Å². The molecule has 0 saturated heterocycles. The van der Waals surface area contributed by atoms with Crippen molar-refractivity contribution in [2.75, 3.05) is 0 Å². The van der Waals surface area contributed by atoms with E-state index in [0.717, 1.165) is 12.1 Å². The summed E-state index contributed by atoms with van der Waals surface area (Å²) in [7, 11) is 0. The van der Waals surface area contributed by atoms with Gasteiger partial charge in [-0.25, -0.2) is 0 Å². The van der Waals surface area contributed by atoms with Crippen LogP contribution in [-0.2, 0) is 0 Å². The van der Waals surface area contributed by atoms with Crippen molar-refractivity contribution in [2.24, 2.45) is 0 Å². The summed E-state index contributed by atoms with van der Waals surface area (Å²) in [4.78, 5) is 4.44. The van der Waals surface area contributed by atoms with Crippen LogP contribution in [0, 0.1) is 0 Å². The van der Waals surface area contributed by atoms with Crippen molar-refractivity contribution in [3.63, 3.8) is 0 Å². The number of rotatable bonds is 7. The van der Waals surface area contributed by atoms with Crippen LogP contribution in [0.5, 0.6) is 0 Å². The van der Waals surface area contributed by atoms with Gasteiger partial charge in [-0.3, -0.25) is 4.98 Å². The van der Waals surface area contributed by atoms with Crippen LogP contribution in [0.4, 0.5) is 0 Å². The van der Waals surface area contributed by atoms with E-state index in [-0.39, 0.29) is 6.04 Å². The van der Waals surface area contributed by atoms with E-state index in [1.807, 2.05) is 18.3 Å². The van der Waals surface area contributed by atoms with Gasteiger partial charge in [0.25, 0.3) is 0 Å². The molecule has 0 aliphatic rings. The molecule has 1 aromatic carbocycles. The molecule has 1 aromatic heterocycles. The molecule has 2 unspecified atom stereocenters. The smallest absolute Gasteiger partial charge is 0.0570 e. The molecule has 0 bridgehead atoms. The number of nitrogens with zero attached hydrogens (tertiary/aromatic N) is 1. The Kier molecular flexibility index (Phi) is 5.75. The van der Waals surface area contributed by atoms with Crippen molar-refractivity contribution in [3.05, 3.63) is 66.0 Å². The highest BCUT2D eigenvalue weighted by Gasteiger charge is 2.15. The van der Waals surface area contributed by atoms with E-state index in [9.17, 15) is 0 Å². The Morgan fingerprint density at radius 2 is 1.80 bits per heavy atom. The lowest BCUT2D eigenvalue weighted by Crippen LogP contribution is -2.25. The predicted molar refractivity (Wildman–Crippen MR) is 84.5 cm³/mol. The molecule has 1 N–H and O–H groups in total. The second-order valence-electron chi connectivity index (χ2n) is 5.25. The largest absolute Gasteiger partial charge is 0.302 e. The number of aromatic nitrogens is 1. The molecular formula is C18H24N2. The van der Waals surface area contributed by atoms with E-state index in [1.165, 1.54) is 18.4 Å². The van der Waals surface area contributed by atoms with Gasteiger partial charge in [0.1, 0.15) is 0 Å². The van der Waals surface area contributed by atoms with Crippen LogP contribution < -0.4 is 5.32 Å². The molecule has 0 aliphatic heterocycles. The first kappa shape index (κ1) is 14.7. The highest BCUT2D eigenvalue weighted by Crippen LogP contribution is 2.23. The van der Waals surface area contributed by atoms with Gasteiger partial charge in [-0.1, -0.05) is 56.2 Å². The third-order valence-electron chi connectivity index (χ3n) is 3.63. The van der Waals surface area contributed by atoms with Gasteiger partial charge in [0.2, 0.25) is 0 Å². The normalized spacial score (nSPS) is 13.9. The Balaban J connectivity index is 2.08. The zero-order valence-corrected chi connectivity index (χ0v) is 12.4. The number of pyridine rings is 1. The van der Waals surface area contributed by atoms with E-state index >= 15 is 0 Å². The van der Waals surface area contributed by atoms with Gasteiger partial charge >= 0.3 is 0 Å². The molecule has 20 heavy (non-hydrogen) atoms. The quantitative estimate of drug-likeness (QED) is 0.789. The average Bonchev–Trinajstić information content (AvgIpc) is 2.53. The molecule has 0 amide bonds. The van der Waals surface area contributed by atoms with Crippen molar-refractivity contribution >= 4 is 0 Å². The van der Waals surface area contributed by atoms with E-state index in [0.29, 0.717) is 6.04 Å². The maximum atomic E-state index is 4.44. The van der Waals surface area contributed by atoms with Gasteiger partial charge in [0.05, 0.1) is 5.69 Å². The molecule has 2 atom stereocenters. The van der Waals surface area contributed by atoms with Gasteiger partial charge in [0.15, 0.2) is 0 Å². The SMILES string of the molecule is CCCCC(NC(C)c1ccccn1)c1ccccc1. The van der Waals surface area contributed by atoms with E-state index in [1.54, 1.807) is 0 Å². The van der Waals surface area contributed by atoms with E-state index < -0.39 is 0 Å². The first-order chi connectivity index (χ1) is 9.81. The van der Waals surface area contributed by atoms with Crippen molar-refractivity contribution in [2.45, 2.75) is 45.2 Å². The standard InChI is InChI=1S/C18H24N2/c1-3-4-12-18(16-10-6-5-7-11-16)20-15(2)17-13-8-9-14-19-17/h5-11,13-15,18,20H,3-4,12H2,1-2H3. The lowest BCUT2D eigenvalue weighted by Gasteiger charge is -2.23. The minimum Gasteiger partial charge on any atom is -0.302 e. The van der Waals surface area contributed by atoms with Crippen LogP contribution >= 0.6 is 0 Å². The number of hydrogen-bond donors (Lipinski definition) is 1. The molecule has 106 valence electrons. The Hall–Kier alpha value is -1.67. The maximum absolute atomic E-state index is 4.44. The highest BCUT2D eigenvalue weighted by molar-refractivity contribution is 5.19. The van der Waals surface area contributed by atoms with Crippen LogP contribution in [-0.4, -0.2) is 4.98 Å². The Bertz CT molecular complexity index is 481. The van der Waals surface area contributed by atoms with E-state index in [4.69, 9.17) is 0 Å². The molecule has 2 aromatic rings. The summed E-state index contributed by atoms with van der Waals surface area (Å²) in [6.07, 6.45) is 5.49. The van der Waals surface area contributed by atoms with Crippen molar-refractivity contribution in [1.29, 1.82) is 0 Å². The zero-order valence-electron chi connectivity index (χ0n) is 12.4. The van der Waals surface area contributed by atoms with E-state index in [2.05, 4.69) is 60.5 Å². The molecule has 0 aliphatic carbocycles. The fourth-order valence-electron chi connectivity index (χ4n) is 2.46. The minimum atomic E-state index is 0.262. The molecule has 1 heterocycles. The minimum absolute atomic E-state index is 0.262. The summed E-state index contributed by atoms with van der Waals surface area (Å²) in [5, 5.41) is 3.72. The molecule has 0 spiro atoms. The second-order valence-corrected chi connectivity index (χ2v) is 5.25. The lowest BCUT2D eigenvalue weighted by atomic mass is 10.00. The third kappa shape index (κ3) is 4.17. The molecule has 0 saturated carbocycles. The number of nitrogens with one attached hydrogen (secondary N) is 1. The van der Waals surface area contributed by atoms with Crippen LogP contribution in [0.3, 0.4) is 0 Å². The Labute approximate surface area is 122 Å². The fourth-order valence-corrected chi connectivity index (χ4v) is 2.46. The number of hydrogen-bond acceptors (Lipinski definition) is 2. The first-order valence-corrected chi connectivity index (χ1v) is 7.53. The van der Waals surface area contributed by atoms with Gasteiger partial charge in [-0.2, -0.15) is 0 Å². The average molecular weight is 268 g/mol. The van der Waals surface area contributed by atoms with Crippen molar-refractivity contribution in [3.8, 4) is 0 Å². The van der Waals surface area contributed by atoms with Crippen LogP contribution in [0.25, 0.3) is 0 Å². The van der Waals surface area contributed by atoms with Crippen molar-refractivity contribution < 1.29 is 0 Å². The van der Waals surface area contributed by atoms with Crippen LogP contribution in [0.15, 0.2) is 54.7 Å². The Morgan fingerprint density at radius 1 is 1.05 bits per heavy atom. The topological polar surface area (TPSA) is 24.9 Å². The number of unbranched alkanes of at least 4 members (excludes halogenated alkanes) is 1. The fraction of sp³-hybridized carbons (Fsp3) is 0.389. The van der Waals surface area contributed by atoms with Gasteiger partial charge in [-0.15, -0.1) is 0 Å². The molecule has 2 heteroatoms. The monoisotopic (exact) mass is 268 g/mol. The van der Waals surface area contributed by atoms with Crippen LogP contribution in [0.1, 0.15) is 56.5 Å². The molecule has 0 radical (unpaired) electrons. The summed E-state index contributed by atoms with van der Waals surface area (Å²) < 4.78 is 0. The summed E-state index contributed by atoms with van der Waals surface area (Å²) >= 11 is 0.